The van der Waals surface area contributed by atoms with Crippen LogP contribution in [0.1, 0.15) is 38.5 Å². The zero-order valence-corrected chi connectivity index (χ0v) is 8.77. The van der Waals surface area contributed by atoms with Crippen LogP contribution in [-0.2, 0) is 4.79 Å². The summed E-state index contributed by atoms with van der Waals surface area (Å²) in [5, 5.41) is 9.99. The molecule has 0 heterocycles. The molecule has 1 fully saturated rings. The summed E-state index contributed by atoms with van der Waals surface area (Å²) in [5.74, 6) is -0.582. The van der Waals surface area contributed by atoms with Crippen molar-refractivity contribution in [2.24, 2.45) is 5.41 Å². The van der Waals surface area contributed by atoms with Crippen LogP contribution in [0.5, 0.6) is 0 Å². The Balaban J connectivity index is 2.53. The summed E-state index contributed by atoms with van der Waals surface area (Å²) >= 11 is 3.34. The fourth-order valence-corrected chi connectivity index (χ4v) is 2.31. The van der Waals surface area contributed by atoms with Gasteiger partial charge in [0.2, 0.25) is 0 Å². The van der Waals surface area contributed by atoms with Crippen molar-refractivity contribution >= 4 is 21.9 Å². The predicted molar refractivity (Wildman–Crippen MR) is 51.6 cm³/mol. The Morgan fingerprint density at radius 2 is 2.00 bits per heavy atom. The van der Waals surface area contributed by atoms with Crippen molar-refractivity contribution < 1.29 is 9.90 Å². The molecule has 1 rings (SSSR count). The standard InChI is InChI=1S/C9H15BrO2/c10-7-3-6-9(8(11)12)4-1-2-5-9/h1-7H2,(H,11,12). The molecular weight excluding hydrogens is 220 g/mol. The molecule has 1 aliphatic rings. The molecule has 0 aliphatic heterocycles. The average molecular weight is 235 g/mol. The molecule has 70 valence electrons. The topological polar surface area (TPSA) is 37.3 Å². The van der Waals surface area contributed by atoms with Gasteiger partial charge in [-0.1, -0.05) is 28.8 Å². The molecule has 0 aromatic carbocycles. The van der Waals surface area contributed by atoms with Crippen molar-refractivity contribution in [1.29, 1.82) is 0 Å². The second-order valence-electron chi connectivity index (χ2n) is 3.59. The quantitative estimate of drug-likeness (QED) is 0.760. The lowest BCUT2D eigenvalue weighted by atomic mass is 9.82. The predicted octanol–water partition coefficient (Wildman–Crippen LogP) is 2.81. The third kappa shape index (κ3) is 2.00. The Morgan fingerprint density at radius 3 is 2.42 bits per heavy atom. The average Bonchev–Trinajstić information content (AvgIpc) is 2.50. The van der Waals surface area contributed by atoms with E-state index in [0.717, 1.165) is 43.9 Å². The van der Waals surface area contributed by atoms with Crippen LogP contribution in [-0.4, -0.2) is 16.4 Å². The van der Waals surface area contributed by atoms with Gasteiger partial charge in [-0.2, -0.15) is 0 Å². The Morgan fingerprint density at radius 1 is 1.42 bits per heavy atom. The van der Waals surface area contributed by atoms with Gasteiger partial charge in [0.1, 0.15) is 0 Å². The van der Waals surface area contributed by atoms with Gasteiger partial charge in [0.25, 0.3) is 0 Å². The minimum Gasteiger partial charge on any atom is -0.481 e. The number of carbonyl (C=O) groups is 1. The number of alkyl halides is 1. The molecule has 0 saturated heterocycles. The normalized spacial score (nSPS) is 21.1. The van der Waals surface area contributed by atoms with Crippen LogP contribution in [0.3, 0.4) is 0 Å². The summed E-state index contributed by atoms with van der Waals surface area (Å²) < 4.78 is 0. The first-order chi connectivity index (χ1) is 5.71. The number of aliphatic carboxylic acids is 1. The van der Waals surface area contributed by atoms with E-state index < -0.39 is 5.97 Å². The molecule has 0 unspecified atom stereocenters. The van der Waals surface area contributed by atoms with Crippen LogP contribution in [0.15, 0.2) is 0 Å². The highest BCUT2D eigenvalue weighted by atomic mass is 79.9. The molecule has 0 radical (unpaired) electrons. The lowest BCUT2D eigenvalue weighted by Gasteiger charge is -2.22. The highest BCUT2D eigenvalue weighted by molar-refractivity contribution is 9.09. The number of hydrogen-bond acceptors (Lipinski definition) is 1. The lowest BCUT2D eigenvalue weighted by Crippen LogP contribution is -2.27. The first-order valence-electron chi connectivity index (χ1n) is 4.51. The fourth-order valence-electron chi connectivity index (χ4n) is 2.03. The molecule has 2 nitrogen and oxygen atoms in total. The van der Waals surface area contributed by atoms with Crippen molar-refractivity contribution in [1.82, 2.24) is 0 Å². The summed E-state index contributed by atoms with van der Waals surface area (Å²) in [6.45, 7) is 0. The molecule has 0 bridgehead atoms. The van der Waals surface area contributed by atoms with Gasteiger partial charge < -0.3 is 5.11 Å². The van der Waals surface area contributed by atoms with Gasteiger partial charge in [0.05, 0.1) is 5.41 Å². The van der Waals surface area contributed by atoms with E-state index in [9.17, 15) is 4.79 Å². The molecule has 0 aromatic heterocycles. The third-order valence-corrected chi connectivity index (χ3v) is 3.36. The highest BCUT2D eigenvalue weighted by Gasteiger charge is 2.40. The molecule has 0 spiro atoms. The van der Waals surface area contributed by atoms with Crippen molar-refractivity contribution in [3.63, 3.8) is 0 Å². The van der Waals surface area contributed by atoms with Crippen LogP contribution in [0.25, 0.3) is 0 Å². The van der Waals surface area contributed by atoms with Crippen molar-refractivity contribution in [3.05, 3.63) is 0 Å². The number of halogens is 1. The van der Waals surface area contributed by atoms with E-state index in [0.29, 0.717) is 0 Å². The first-order valence-corrected chi connectivity index (χ1v) is 5.63. The van der Waals surface area contributed by atoms with Crippen molar-refractivity contribution in [3.8, 4) is 0 Å². The van der Waals surface area contributed by atoms with Gasteiger partial charge >= 0.3 is 5.97 Å². The number of rotatable bonds is 4. The zero-order valence-electron chi connectivity index (χ0n) is 7.18. The van der Waals surface area contributed by atoms with E-state index in [2.05, 4.69) is 15.9 Å². The molecular formula is C9H15BrO2. The monoisotopic (exact) mass is 234 g/mol. The maximum atomic E-state index is 11.0. The van der Waals surface area contributed by atoms with Gasteiger partial charge in [-0.3, -0.25) is 4.79 Å². The Kier molecular flexibility index (Phi) is 3.56. The van der Waals surface area contributed by atoms with Gasteiger partial charge in [-0.05, 0) is 25.7 Å². The van der Waals surface area contributed by atoms with E-state index in [-0.39, 0.29) is 5.41 Å². The Hall–Kier alpha value is -0.0500. The van der Waals surface area contributed by atoms with Crippen molar-refractivity contribution in [2.75, 3.05) is 5.33 Å². The van der Waals surface area contributed by atoms with E-state index in [1.165, 1.54) is 0 Å². The minimum atomic E-state index is -0.582. The smallest absolute Gasteiger partial charge is 0.309 e. The Bertz CT molecular complexity index is 162. The second-order valence-corrected chi connectivity index (χ2v) is 4.38. The van der Waals surface area contributed by atoms with Crippen LogP contribution in [0.2, 0.25) is 0 Å². The van der Waals surface area contributed by atoms with E-state index >= 15 is 0 Å². The van der Waals surface area contributed by atoms with Crippen LogP contribution < -0.4 is 0 Å². The molecule has 1 N–H and O–H groups in total. The Labute approximate surface area is 81.5 Å². The van der Waals surface area contributed by atoms with Gasteiger partial charge in [-0.25, -0.2) is 0 Å². The minimum absolute atomic E-state index is 0.367. The molecule has 1 saturated carbocycles. The molecule has 3 heteroatoms. The van der Waals surface area contributed by atoms with Gasteiger partial charge in [-0.15, -0.1) is 0 Å². The zero-order chi connectivity index (χ0) is 9.03. The maximum Gasteiger partial charge on any atom is 0.309 e. The van der Waals surface area contributed by atoms with Gasteiger partial charge in [0, 0.05) is 5.33 Å². The summed E-state index contributed by atoms with van der Waals surface area (Å²) in [7, 11) is 0. The van der Waals surface area contributed by atoms with Crippen LogP contribution in [0, 0.1) is 5.41 Å². The summed E-state index contributed by atoms with van der Waals surface area (Å²) in [6, 6.07) is 0. The highest BCUT2D eigenvalue weighted by Crippen LogP contribution is 2.42. The number of carboxylic acids is 1. The molecule has 0 atom stereocenters. The summed E-state index contributed by atoms with van der Waals surface area (Å²) in [4.78, 5) is 11.0. The van der Waals surface area contributed by atoms with Crippen molar-refractivity contribution in [2.45, 2.75) is 38.5 Å². The van der Waals surface area contributed by atoms with Gasteiger partial charge in [0.15, 0.2) is 0 Å². The fraction of sp³-hybridized carbons (Fsp3) is 0.889. The molecule has 1 aliphatic carbocycles. The number of carboxylic acid groups (broad SMARTS) is 1. The third-order valence-electron chi connectivity index (χ3n) is 2.80. The second kappa shape index (κ2) is 4.26. The largest absolute Gasteiger partial charge is 0.481 e. The van der Waals surface area contributed by atoms with Crippen LogP contribution in [0.4, 0.5) is 0 Å². The SMILES string of the molecule is O=C(O)C1(CCCBr)CCCC1. The lowest BCUT2D eigenvalue weighted by molar-refractivity contribution is -0.149. The maximum absolute atomic E-state index is 11.0. The molecule has 0 aromatic rings. The first kappa shape index (κ1) is 10.0. The number of hydrogen-bond donors (Lipinski definition) is 1. The van der Waals surface area contributed by atoms with Crippen LogP contribution >= 0.6 is 15.9 Å². The van der Waals surface area contributed by atoms with E-state index in [1.807, 2.05) is 0 Å². The summed E-state index contributed by atoms with van der Waals surface area (Å²) in [6.07, 6.45) is 5.77. The summed E-state index contributed by atoms with van der Waals surface area (Å²) in [5.41, 5.74) is -0.367. The van der Waals surface area contributed by atoms with E-state index in [4.69, 9.17) is 5.11 Å². The van der Waals surface area contributed by atoms with E-state index in [1.54, 1.807) is 0 Å². The molecule has 12 heavy (non-hydrogen) atoms. The molecule has 0 amide bonds.